The van der Waals surface area contributed by atoms with E-state index in [0.29, 0.717) is 38.3 Å². The Hall–Kier alpha value is -4.14. The minimum atomic E-state index is -0.722. The lowest BCUT2D eigenvalue weighted by atomic mass is 9.97. The van der Waals surface area contributed by atoms with Gasteiger partial charge in [0, 0.05) is 19.2 Å². The van der Waals surface area contributed by atoms with Crippen molar-refractivity contribution in [1.82, 2.24) is 4.90 Å². The Morgan fingerprint density at radius 3 is 2.36 bits per heavy atom. The lowest BCUT2D eigenvalue weighted by molar-refractivity contribution is -0.151. The molecule has 190 valence electrons. The van der Waals surface area contributed by atoms with Crippen LogP contribution in [0.3, 0.4) is 0 Å². The van der Waals surface area contributed by atoms with Gasteiger partial charge in [-0.2, -0.15) is 0 Å². The van der Waals surface area contributed by atoms with Crippen LogP contribution in [-0.2, 0) is 23.9 Å². The molecule has 1 N–H and O–H groups in total. The van der Waals surface area contributed by atoms with Gasteiger partial charge < -0.3 is 24.4 Å². The van der Waals surface area contributed by atoms with Gasteiger partial charge in [0.25, 0.3) is 5.91 Å². The van der Waals surface area contributed by atoms with Gasteiger partial charge in [-0.05, 0) is 55.7 Å². The molecule has 0 bridgehead atoms. The van der Waals surface area contributed by atoms with Crippen LogP contribution in [0.15, 0.2) is 54.6 Å². The summed E-state index contributed by atoms with van der Waals surface area (Å²) in [4.78, 5) is 51.0. The van der Waals surface area contributed by atoms with Crippen LogP contribution in [0.2, 0.25) is 0 Å². The predicted molar refractivity (Wildman–Crippen MR) is 133 cm³/mol. The molecule has 1 aliphatic heterocycles. The highest BCUT2D eigenvalue weighted by Gasteiger charge is 2.28. The average molecular weight is 495 g/mol. The molecule has 0 atom stereocenters. The van der Waals surface area contributed by atoms with Crippen molar-refractivity contribution < 1.29 is 33.4 Å². The fraction of sp³-hybridized carbons (Fsp3) is 0.333. The lowest BCUT2D eigenvalue weighted by Crippen LogP contribution is -2.42. The Bertz CT molecular complexity index is 1100. The van der Waals surface area contributed by atoms with Crippen molar-refractivity contribution in [3.8, 4) is 5.75 Å². The molecule has 0 aliphatic carbocycles. The molecule has 2 amide bonds. The smallest absolute Gasteiger partial charge is 0.340 e. The van der Waals surface area contributed by atoms with E-state index >= 15 is 0 Å². The van der Waals surface area contributed by atoms with E-state index in [1.807, 2.05) is 12.1 Å². The van der Waals surface area contributed by atoms with Gasteiger partial charge in [0.1, 0.15) is 5.75 Å². The maximum Gasteiger partial charge on any atom is 0.340 e. The first-order valence-electron chi connectivity index (χ1n) is 11.7. The summed E-state index contributed by atoms with van der Waals surface area (Å²) >= 11 is 0. The van der Waals surface area contributed by atoms with E-state index in [9.17, 15) is 19.2 Å². The number of rotatable bonds is 9. The van der Waals surface area contributed by atoms with E-state index in [1.54, 1.807) is 55.3 Å². The van der Waals surface area contributed by atoms with E-state index in [1.165, 1.54) is 12.1 Å². The third-order valence-corrected chi connectivity index (χ3v) is 5.74. The van der Waals surface area contributed by atoms with Gasteiger partial charge in [-0.15, -0.1) is 0 Å². The van der Waals surface area contributed by atoms with Crippen LogP contribution in [0.1, 0.15) is 35.7 Å². The van der Waals surface area contributed by atoms with E-state index < -0.39 is 18.5 Å². The Morgan fingerprint density at radius 2 is 1.69 bits per heavy atom. The number of methoxy groups -OCH3 is 1. The number of anilines is 1. The number of piperidine rings is 1. The Labute approximate surface area is 210 Å². The summed E-state index contributed by atoms with van der Waals surface area (Å²) in [5, 5.41) is 2.67. The van der Waals surface area contributed by atoms with Crippen molar-refractivity contribution in [2.24, 2.45) is 5.92 Å². The van der Waals surface area contributed by atoms with Crippen molar-refractivity contribution >= 4 is 35.5 Å². The van der Waals surface area contributed by atoms with Gasteiger partial charge >= 0.3 is 11.9 Å². The molecule has 9 heteroatoms. The fourth-order valence-corrected chi connectivity index (χ4v) is 3.75. The minimum Gasteiger partial charge on any atom is -0.497 e. The van der Waals surface area contributed by atoms with Crippen molar-refractivity contribution in [1.29, 1.82) is 0 Å². The number of likely N-dealkylation sites (tertiary alicyclic amines) is 1. The molecule has 9 nitrogen and oxygen atoms in total. The largest absolute Gasteiger partial charge is 0.497 e. The van der Waals surface area contributed by atoms with Crippen molar-refractivity contribution in [3.63, 3.8) is 0 Å². The number of nitrogens with zero attached hydrogens (tertiary/aromatic N) is 1. The summed E-state index contributed by atoms with van der Waals surface area (Å²) in [5.41, 5.74) is 1.22. The molecule has 0 radical (unpaired) electrons. The number of para-hydroxylation sites is 1. The number of esters is 2. The van der Waals surface area contributed by atoms with Crippen molar-refractivity contribution in [2.75, 3.05) is 38.7 Å². The number of amides is 2. The van der Waals surface area contributed by atoms with Gasteiger partial charge in [-0.1, -0.05) is 24.3 Å². The number of carbonyl (C=O) groups is 4. The molecular weight excluding hydrogens is 464 g/mol. The van der Waals surface area contributed by atoms with E-state index in [-0.39, 0.29) is 29.0 Å². The summed E-state index contributed by atoms with van der Waals surface area (Å²) in [6.07, 6.45) is 4.02. The van der Waals surface area contributed by atoms with Gasteiger partial charge in [0.2, 0.25) is 5.91 Å². The fourth-order valence-electron chi connectivity index (χ4n) is 3.75. The number of hydrogen-bond donors (Lipinski definition) is 1. The molecule has 3 rings (SSSR count). The second-order valence-electron chi connectivity index (χ2n) is 8.12. The average Bonchev–Trinajstić information content (AvgIpc) is 2.91. The monoisotopic (exact) mass is 494 g/mol. The minimum absolute atomic E-state index is 0.137. The first-order chi connectivity index (χ1) is 17.4. The molecule has 1 heterocycles. The van der Waals surface area contributed by atoms with Gasteiger partial charge in [0.15, 0.2) is 6.61 Å². The zero-order valence-electron chi connectivity index (χ0n) is 20.4. The van der Waals surface area contributed by atoms with Crippen molar-refractivity contribution in [2.45, 2.75) is 19.8 Å². The second kappa shape index (κ2) is 13.1. The van der Waals surface area contributed by atoms with Crippen LogP contribution in [0.4, 0.5) is 5.69 Å². The molecule has 36 heavy (non-hydrogen) atoms. The molecule has 0 aromatic heterocycles. The molecular formula is C27H30N2O7. The first kappa shape index (κ1) is 26.5. The van der Waals surface area contributed by atoms with Crippen LogP contribution in [0.5, 0.6) is 5.75 Å². The maximum absolute atomic E-state index is 12.7. The third kappa shape index (κ3) is 7.43. The highest BCUT2D eigenvalue weighted by molar-refractivity contribution is 6.06. The number of benzene rings is 2. The van der Waals surface area contributed by atoms with Crippen molar-refractivity contribution in [3.05, 3.63) is 65.7 Å². The van der Waals surface area contributed by atoms with Crippen LogP contribution in [0.25, 0.3) is 6.08 Å². The summed E-state index contributed by atoms with van der Waals surface area (Å²) in [7, 11) is 1.58. The number of ether oxygens (including phenoxy) is 3. The van der Waals surface area contributed by atoms with E-state index in [2.05, 4.69) is 5.32 Å². The number of nitrogens with one attached hydrogen (secondary N) is 1. The van der Waals surface area contributed by atoms with Crippen LogP contribution in [-0.4, -0.2) is 62.1 Å². The molecule has 2 aromatic carbocycles. The van der Waals surface area contributed by atoms with E-state index in [4.69, 9.17) is 14.2 Å². The molecule has 2 aromatic rings. The third-order valence-electron chi connectivity index (χ3n) is 5.74. The summed E-state index contributed by atoms with van der Waals surface area (Å²) in [6, 6.07) is 13.6. The Balaban J connectivity index is 1.52. The predicted octanol–water partition coefficient (Wildman–Crippen LogP) is 3.31. The molecule has 0 spiro atoms. The molecule has 1 saturated heterocycles. The first-order valence-corrected chi connectivity index (χ1v) is 11.7. The summed E-state index contributed by atoms with van der Waals surface area (Å²) in [5.74, 6) is -1.23. The molecule has 0 unspecified atom stereocenters. The normalized spacial score (nSPS) is 13.8. The van der Waals surface area contributed by atoms with Gasteiger partial charge in [0.05, 0.1) is 30.9 Å². The summed E-state index contributed by atoms with van der Waals surface area (Å²) in [6.45, 7) is 2.45. The standard InChI is InChI=1S/C27H30N2O7/c1-3-35-26(32)20-14-16-29(17-15-20)25(31)18-36-27(33)22-6-4-5-7-23(22)28-24(30)13-10-19-8-11-21(34-2)12-9-19/h4-13,20H,3,14-18H2,1-2H3,(H,28,30)/b13-10+. The highest BCUT2D eigenvalue weighted by Crippen LogP contribution is 2.20. The topological polar surface area (TPSA) is 111 Å². The Morgan fingerprint density at radius 1 is 1.00 bits per heavy atom. The number of hydrogen-bond acceptors (Lipinski definition) is 7. The molecule has 0 saturated carbocycles. The number of carbonyl (C=O) groups excluding carboxylic acids is 4. The van der Waals surface area contributed by atoms with Gasteiger partial charge in [-0.25, -0.2) is 4.79 Å². The van der Waals surface area contributed by atoms with Gasteiger partial charge in [-0.3, -0.25) is 14.4 Å². The lowest BCUT2D eigenvalue weighted by Gasteiger charge is -2.30. The maximum atomic E-state index is 12.7. The SMILES string of the molecule is CCOC(=O)C1CCN(C(=O)COC(=O)c2ccccc2NC(=O)/C=C/c2ccc(OC)cc2)CC1. The van der Waals surface area contributed by atoms with Crippen LogP contribution < -0.4 is 10.1 Å². The Kier molecular flexibility index (Phi) is 9.62. The second-order valence-corrected chi connectivity index (χ2v) is 8.12. The molecule has 1 fully saturated rings. The molecule has 1 aliphatic rings. The quantitative estimate of drug-likeness (QED) is 0.421. The zero-order valence-corrected chi connectivity index (χ0v) is 20.4. The zero-order chi connectivity index (χ0) is 25.9. The van der Waals surface area contributed by atoms with E-state index in [0.717, 1.165) is 5.56 Å². The highest BCUT2D eigenvalue weighted by atomic mass is 16.5. The summed E-state index contributed by atoms with van der Waals surface area (Å²) < 4.78 is 15.4. The van der Waals surface area contributed by atoms with Crippen LogP contribution >= 0.6 is 0 Å². The van der Waals surface area contributed by atoms with Crippen LogP contribution in [0, 0.1) is 5.92 Å².